The maximum absolute atomic E-state index is 10.6. The summed E-state index contributed by atoms with van der Waals surface area (Å²) in [6.45, 7) is 2.80. The van der Waals surface area contributed by atoms with Crippen molar-refractivity contribution in [3.8, 4) is 6.07 Å². The molecule has 0 atom stereocenters. The summed E-state index contributed by atoms with van der Waals surface area (Å²) in [5.74, 6) is -0.163. The van der Waals surface area contributed by atoms with E-state index in [1.54, 1.807) is 0 Å². The fraction of sp³-hybridized carbons (Fsp3) is 0.500. The Hall–Kier alpha value is -1.86. The van der Waals surface area contributed by atoms with E-state index in [2.05, 4.69) is 11.0 Å². The van der Waals surface area contributed by atoms with Gasteiger partial charge in [0.15, 0.2) is 0 Å². The second-order valence-electron chi connectivity index (χ2n) is 5.42. The highest BCUT2D eigenvalue weighted by atomic mass is 16.4. The summed E-state index contributed by atoms with van der Waals surface area (Å²) in [5.41, 5.74) is 1.83. The maximum Gasteiger partial charge on any atom is 0.303 e. The number of nitrogens with zero attached hydrogens (tertiary/aromatic N) is 2. The molecule has 1 aromatic carbocycles. The smallest absolute Gasteiger partial charge is 0.303 e. The molecule has 1 N–H and O–H groups in total. The predicted molar refractivity (Wildman–Crippen MR) is 76.0 cm³/mol. The first-order valence-electron chi connectivity index (χ1n) is 7.11. The number of likely N-dealkylation sites (tertiary alicyclic amines) is 1. The molecular weight excluding hydrogens is 252 g/mol. The number of nitriles is 1. The topological polar surface area (TPSA) is 64.3 Å². The van der Waals surface area contributed by atoms with Crippen LogP contribution in [0.2, 0.25) is 0 Å². The van der Waals surface area contributed by atoms with Crippen LogP contribution in [0, 0.1) is 17.2 Å². The Kier molecular flexibility index (Phi) is 5.14. The molecule has 4 nitrogen and oxygen atoms in total. The van der Waals surface area contributed by atoms with E-state index in [0.29, 0.717) is 5.92 Å². The molecule has 0 amide bonds. The largest absolute Gasteiger partial charge is 0.481 e. The Balaban J connectivity index is 1.83. The lowest BCUT2D eigenvalue weighted by Crippen LogP contribution is -2.33. The van der Waals surface area contributed by atoms with Crippen LogP contribution >= 0.6 is 0 Å². The van der Waals surface area contributed by atoms with Gasteiger partial charge in [-0.05, 0) is 49.9 Å². The Labute approximate surface area is 119 Å². The molecule has 2 rings (SSSR count). The summed E-state index contributed by atoms with van der Waals surface area (Å²) >= 11 is 0. The standard InChI is InChI=1S/C16H20N2O2/c17-11-14-3-1-2-4-15(14)12-18-9-7-13(8-10-18)5-6-16(19)20/h1-4,13H,5-10,12H2,(H,19,20). The van der Waals surface area contributed by atoms with Gasteiger partial charge in [-0.25, -0.2) is 0 Å². The molecule has 106 valence electrons. The van der Waals surface area contributed by atoms with Crippen molar-refractivity contribution in [1.29, 1.82) is 5.26 Å². The number of carboxylic acid groups (broad SMARTS) is 1. The van der Waals surface area contributed by atoms with E-state index < -0.39 is 5.97 Å². The van der Waals surface area contributed by atoms with Crippen LogP contribution in [0.3, 0.4) is 0 Å². The van der Waals surface area contributed by atoms with Crippen molar-refractivity contribution in [3.63, 3.8) is 0 Å². The second-order valence-corrected chi connectivity index (χ2v) is 5.42. The minimum Gasteiger partial charge on any atom is -0.481 e. The van der Waals surface area contributed by atoms with Crippen LogP contribution in [0.15, 0.2) is 24.3 Å². The van der Waals surface area contributed by atoms with E-state index >= 15 is 0 Å². The molecule has 1 aromatic rings. The van der Waals surface area contributed by atoms with Crippen molar-refractivity contribution >= 4 is 5.97 Å². The highest BCUT2D eigenvalue weighted by Crippen LogP contribution is 2.23. The summed E-state index contributed by atoms with van der Waals surface area (Å²) in [5, 5.41) is 17.8. The molecule has 0 aromatic heterocycles. The van der Waals surface area contributed by atoms with Gasteiger partial charge in [0.25, 0.3) is 0 Å². The summed E-state index contributed by atoms with van der Waals surface area (Å²) < 4.78 is 0. The van der Waals surface area contributed by atoms with Crippen LogP contribution in [0.25, 0.3) is 0 Å². The summed E-state index contributed by atoms with van der Waals surface area (Å²) in [7, 11) is 0. The summed E-state index contributed by atoms with van der Waals surface area (Å²) in [6.07, 6.45) is 3.18. The average molecular weight is 272 g/mol. The molecule has 20 heavy (non-hydrogen) atoms. The van der Waals surface area contributed by atoms with Crippen LogP contribution in [0.5, 0.6) is 0 Å². The average Bonchev–Trinajstić information content (AvgIpc) is 2.47. The van der Waals surface area contributed by atoms with Gasteiger partial charge in [-0.15, -0.1) is 0 Å². The molecule has 0 radical (unpaired) electrons. The molecule has 1 aliphatic rings. The monoisotopic (exact) mass is 272 g/mol. The third kappa shape index (κ3) is 4.07. The molecule has 1 saturated heterocycles. The summed E-state index contributed by atoms with van der Waals surface area (Å²) in [6, 6.07) is 9.96. The van der Waals surface area contributed by atoms with E-state index in [0.717, 1.165) is 50.0 Å². The van der Waals surface area contributed by atoms with Gasteiger partial charge in [-0.3, -0.25) is 9.69 Å². The predicted octanol–water partition coefficient (Wildman–Crippen LogP) is 2.64. The third-order valence-electron chi connectivity index (χ3n) is 4.01. The van der Waals surface area contributed by atoms with Crippen LogP contribution in [-0.2, 0) is 11.3 Å². The van der Waals surface area contributed by atoms with Crippen molar-refractivity contribution < 1.29 is 9.90 Å². The number of benzene rings is 1. The number of piperidine rings is 1. The Morgan fingerprint density at radius 2 is 2.05 bits per heavy atom. The van der Waals surface area contributed by atoms with Gasteiger partial charge in [0.05, 0.1) is 11.6 Å². The fourth-order valence-corrected chi connectivity index (χ4v) is 2.77. The first-order chi connectivity index (χ1) is 9.69. The minimum atomic E-state index is -0.699. The molecule has 1 aliphatic heterocycles. The summed E-state index contributed by atoms with van der Waals surface area (Å²) in [4.78, 5) is 12.9. The van der Waals surface area contributed by atoms with Crippen molar-refractivity contribution in [2.45, 2.75) is 32.2 Å². The molecule has 1 fully saturated rings. The lowest BCUT2D eigenvalue weighted by Gasteiger charge is -2.32. The Morgan fingerprint density at radius 1 is 1.35 bits per heavy atom. The zero-order valence-electron chi connectivity index (χ0n) is 11.6. The number of hydrogen-bond acceptors (Lipinski definition) is 3. The van der Waals surface area contributed by atoms with E-state index in [4.69, 9.17) is 10.4 Å². The van der Waals surface area contributed by atoms with E-state index in [1.165, 1.54) is 0 Å². The van der Waals surface area contributed by atoms with Crippen molar-refractivity contribution in [3.05, 3.63) is 35.4 Å². The number of aliphatic carboxylic acids is 1. The highest BCUT2D eigenvalue weighted by molar-refractivity contribution is 5.66. The Morgan fingerprint density at radius 3 is 2.70 bits per heavy atom. The molecular formula is C16H20N2O2. The normalized spacial score (nSPS) is 16.8. The Bertz CT molecular complexity index is 499. The molecule has 0 unspecified atom stereocenters. The van der Waals surface area contributed by atoms with E-state index in [1.807, 2.05) is 24.3 Å². The fourth-order valence-electron chi connectivity index (χ4n) is 2.77. The van der Waals surface area contributed by atoms with Crippen molar-refractivity contribution in [2.75, 3.05) is 13.1 Å². The quantitative estimate of drug-likeness (QED) is 0.895. The van der Waals surface area contributed by atoms with Gasteiger partial charge in [-0.2, -0.15) is 5.26 Å². The molecule has 0 spiro atoms. The molecule has 0 aliphatic carbocycles. The molecule has 0 saturated carbocycles. The number of hydrogen-bond donors (Lipinski definition) is 1. The SMILES string of the molecule is N#Cc1ccccc1CN1CCC(CCC(=O)O)CC1. The maximum atomic E-state index is 10.6. The van der Waals surface area contributed by atoms with Gasteiger partial charge >= 0.3 is 5.97 Å². The number of rotatable bonds is 5. The zero-order valence-corrected chi connectivity index (χ0v) is 11.6. The van der Waals surface area contributed by atoms with E-state index in [-0.39, 0.29) is 6.42 Å². The van der Waals surface area contributed by atoms with Crippen LogP contribution < -0.4 is 0 Å². The van der Waals surface area contributed by atoms with Gasteiger partial charge in [-0.1, -0.05) is 18.2 Å². The second kappa shape index (κ2) is 7.06. The van der Waals surface area contributed by atoms with Gasteiger partial charge in [0, 0.05) is 13.0 Å². The lowest BCUT2D eigenvalue weighted by atomic mass is 9.92. The highest BCUT2D eigenvalue weighted by Gasteiger charge is 2.20. The number of carbonyl (C=O) groups is 1. The molecule has 1 heterocycles. The van der Waals surface area contributed by atoms with Crippen LogP contribution in [0.4, 0.5) is 0 Å². The minimum absolute atomic E-state index is 0.280. The van der Waals surface area contributed by atoms with Gasteiger partial charge in [0.2, 0.25) is 0 Å². The first kappa shape index (κ1) is 14.5. The zero-order chi connectivity index (χ0) is 14.4. The molecule has 0 bridgehead atoms. The molecule has 4 heteroatoms. The third-order valence-corrected chi connectivity index (χ3v) is 4.01. The van der Waals surface area contributed by atoms with Gasteiger partial charge in [0.1, 0.15) is 0 Å². The number of carboxylic acids is 1. The van der Waals surface area contributed by atoms with E-state index in [9.17, 15) is 4.79 Å². The first-order valence-corrected chi connectivity index (χ1v) is 7.11. The van der Waals surface area contributed by atoms with Gasteiger partial charge < -0.3 is 5.11 Å². The van der Waals surface area contributed by atoms with Crippen molar-refractivity contribution in [1.82, 2.24) is 4.90 Å². The lowest BCUT2D eigenvalue weighted by molar-refractivity contribution is -0.137. The van der Waals surface area contributed by atoms with Crippen LogP contribution in [0.1, 0.15) is 36.8 Å². The van der Waals surface area contributed by atoms with Crippen LogP contribution in [-0.4, -0.2) is 29.1 Å². The van der Waals surface area contributed by atoms with Crippen molar-refractivity contribution in [2.24, 2.45) is 5.92 Å².